The predicted octanol–water partition coefficient (Wildman–Crippen LogP) is 4.36. The molecule has 0 amide bonds. The second-order valence-electron chi connectivity index (χ2n) is 8.32. The van der Waals surface area contributed by atoms with E-state index in [4.69, 9.17) is 0 Å². The first-order valence-electron chi connectivity index (χ1n) is 7.92. The van der Waals surface area contributed by atoms with Crippen LogP contribution in [0.1, 0.15) is 66.9 Å². The first kappa shape index (κ1) is 14.1. The summed E-state index contributed by atoms with van der Waals surface area (Å²) in [5.41, 5.74) is 3.99. The molecule has 108 valence electrons. The van der Waals surface area contributed by atoms with Crippen molar-refractivity contribution in [3.05, 3.63) is 28.8 Å². The first-order valence-corrected chi connectivity index (χ1v) is 11.4. The van der Waals surface area contributed by atoms with Crippen molar-refractivity contribution in [2.24, 2.45) is 0 Å². The summed E-state index contributed by atoms with van der Waals surface area (Å²) in [7, 11) is -1.34. The molecule has 3 rings (SSSR count). The van der Waals surface area contributed by atoms with Crippen LogP contribution in [0.5, 0.6) is 0 Å². The molecule has 1 aromatic rings. The van der Waals surface area contributed by atoms with Crippen molar-refractivity contribution in [3.63, 3.8) is 0 Å². The molecule has 0 aliphatic heterocycles. The fraction of sp³-hybridized carbons (Fsp3) is 0.611. The van der Waals surface area contributed by atoms with Crippen LogP contribution >= 0.6 is 0 Å². The number of ketones is 1. The van der Waals surface area contributed by atoms with Gasteiger partial charge in [0.15, 0.2) is 5.78 Å². The Morgan fingerprint density at radius 1 is 1.15 bits per heavy atom. The van der Waals surface area contributed by atoms with Crippen molar-refractivity contribution in [1.82, 2.24) is 0 Å². The van der Waals surface area contributed by atoms with Crippen LogP contribution in [0.2, 0.25) is 19.6 Å². The van der Waals surface area contributed by atoms with E-state index < -0.39 is 8.07 Å². The minimum Gasteiger partial charge on any atom is -0.294 e. The molecule has 0 atom stereocenters. The summed E-state index contributed by atoms with van der Waals surface area (Å²) in [6.45, 7) is 11.8. The average molecular weight is 286 g/mol. The van der Waals surface area contributed by atoms with Gasteiger partial charge < -0.3 is 0 Å². The van der Waals surface area contributed by atoms with Gasteiger partial charge in [0.05, 0.1) is 8.07 Å². The Balaban J connectivity index is 2.27. The fourth-order valence-corrected chi connectivity index (χ4v) is 4.51. The third-order valence-electron chi connectivity index (χ3n) is 5.04. The van der Waals surface area contributed by atoms with Crippen molar-refractivity contribution >= 4 is 19.0 Å². The Kier molecular flexibility index (Phi) is 3.02. The number of fused-ring (bicyclic) bond motifs is 1. The van der Waals surface area contributed by atoms with Crippen LogP contribution in [0.25, 0.3) is 0 Å². The van der Waals surface area contributed by atoms with E-state index in [0.29, 0.717) is 11.7 Å². The van der Waals surface area contributed by atoms with Crippen LogP contribution in [0, 0.1) is 0 Å². The fourth-order valence-electron chi connectivity index (χ4n) is 3.34. The Morgan fingerprint density at radius 3 is 2.35 bits per heavy atom. The van der Waals surface area contributed by atoms with Crippen LogP contribution in [-0.2, 0) is 5.41 Å². The van der Waals surface area contributed by atoms with E-state index in [9.17, 15) is 4.79 Å². The Labute approximate surface area is 123 Å². The molecule has 2 aliphatic carbocycles. The maximum atomic E-state index is 12.5. The zero-order valence-electron chi connectivity index (χ0n) is 13.5. The number of hydrogen-bond acceptors (Lipinski definition) is 1. The summed E-state index contributed by atoms with van der Waals surface area (Å²) in [6, 6.07) is 4.77. The maximum absolute atomic E-state index is 12.5. The molecule has 0 bridgehead atoms. The summed E-state index contributed by atoms with van der Waals surface area (Å²) < 4.78 is 0. The SMILES string of the molecule is CC1(C)CCC(=O)c2c(C3CC3)cc([Si](C)(C)C)cc21. The average Bonchev–Trinajstić information content (AvgIpc) is 3.16. The van der Waals surface area contributed by atoms with E-state index in [1.165, 1.54) is 29.2 Å². The van der Waals surface area contributed by atoms with E-state index in [0.717, 1.165) is 18.4 Å². The minimum absolute atomic E-state index is 0.155. The number of hydrogen-bond donors (Lipinski definition) is 0. The van der Waals surface area contributed by atoms with Gasteiger partial charge in [0.25, 0.3) is 0 Å². The van der Waals surface area contributed by atoms with Crippen molar-refractivity contribution in [2.75, 3.05) is 0 Å². The van der Waals surface area contributed by atoms with Gasteiger partial charge in [-0.25, -0.2) is 0 Å². The maximum Gasteiger partial charge on any atom is 0.163 e. The van der Waals surface area contributed by atoms with Gasteiger partial charge in [-0.1, -0.05) is 50.8 Å². The highest BCUT2D eigenvalue weighted by Crippen LogP contribution is 2.46. The molecule has 0 radical (unpaired) electrons. The minimum atomic E-state index is -1.34. The molecular weight excluding hydrogens is 260 g/mol. The Morgan fingerprint density at radius 2 is 1.80 bits per heavy atom. The van der Waals surface area contributed by atoms with Gasteiger partial charge in [-0.3, -0.25) is 4.79 Å². The molecule has 0 saturated heterocycles. The van der Waals surface area contributed by atoms with Crippen molar-refractivity contribution < 1.29 is 4.79 Å². The van der Waals surface area contributed by atoms with E-state index >= 15 is 0 Å². The van der Waals surface area contributed by atoms with Crippen LogP contribution in [-0.4, -0.2) is 13.9 Å². The molecule has 20 heavy (non-hydrogen) atoms. The van der Waals surface area contributed by atoms with E-state index in [2.05, 4.69) is 45.6 Å². The largest absolute Gasteiger partial charge is 0.294 e. The molecule has 1 aromatic carbocycles. The van der Waals surface area contributed by atoms with Crippen LogP contribution < -0.4 is 5.19 Å². The molecule has 2 aliphatic rings. The summed E-state index contributed by atoms with van der Waals surface area (Å²) in [6.07, 6.45) is 4.27. The zero-order valence-corrected chi connectivity index (χ0v) is 14.5. The van der Waals surface area contributed by atoms with Gasteiger partial charge in [0, 0.05) is 12.0 Å². The zero-order chi connectivity index (χ0) is 14.7. The van der Waals surface area contributed by atoms with Crippen molar-refractivity contribution in [3.8, 4) is 0 Å². The van der Waals surface area contributed by atoms with Gasteiger partial charge in [0.2, 0.25) is 0 Å². The first-order chi connectivity index (χ1) is 9.20. The smallest absolute Gasteiger partial charge is 0.163 e. The van der Waals surface area contributed by atoms with E-state index in [1.807, 2.05) is 0 Å². The third-order valence-corrected chi connectivity index (χ3v) is 7.06. The number of carbonyl (C=O) groups excluding carboxylic acids is 1. The van der Waals surface area contributed by atoms with Gasteiger partial charge >= 0.3 is 0 Å². The molecular formula is C18H26OSi. The second-order valence-corrected chi connectivity index (χ2v) is 13.4. The quantitative estimate of drug-likeness (QED) is 0.738. The van der Waals surface area contributed by atoms with E-state index in [-0.39, 0.29) is 5.41 Å². The highest BCUT2D eigenvalue weighted by Gasteiger charge is 2.38. The standard InChI is InChI=1S/C18H26OSi/c1-18(2)9-8-16(19)17-14(12-6-7-12)10-13(11-15(17)18)20(3,4)5/h10-12H,6-9H2,1-5H3. The molecule has 2 heteroatoms. The van der Waals surface area contributed by atoms with Gasteiger partial charge in [-0.15, -0.1) is 0 Å². The van der Waals surface area contributed by atoms with Crippen LogP contribution in [0.15, 0.2) is 12.1 Å². The number of benzene rings is 1. The molecule has 1 fully saturated rings. The lowest BCUT2D eigenvalue weighted by Gasteiger charge is -2.35. The lowest BCUT2D eigenvalue weighted by Crippen LogP contribution is -2.40. The number of Topliss-reactive ketones (excluding diaryl/α,β-unsaturated/α-hetero) is 1. The topological polar surface area (TPSA) is 17.1 Å². The second kappa shape index (κ2) is 4.30. The molecule has 0 spiro atoms. The Bertz CT molecular complexity index is 574. The normalized spacial score (nSPS) is 21.8. The van der Waals surface area contributed by atoms with Crippen molar-refractivity contribution in [1.29, 1.82) is 0 Å². The summed E-state index contributed by atoms with van der Waals surface area (Å²) in [5, 5.41) is 1.53. The molecule has 0 heterocycles. The summed E-state index contributed by atoms with van der Waals surface area (Å²) in [4.78, 5) is 12.5. The molecule has 1 nitrogen and oxygen atoms in total. The van der Waals surface area contributed by atoms with Crippen LogP contribution in [0.4, 0.5) is 0 Å². The highest BCUT2D eigenvalue weighted by atomic mass is 28.3. The van der Waals surface area contributed by atoms with Crippen LogP contribution in [0.3, 0.4) is 0 Å². The molecule has 1 saturated carbocycles. The highest BCUT2D eigenvalue weighted by molar-refractivity contribution is 6.88. The molecule has 0 aromatic heterocycles. The molecule has 0 N–H and O–H groups in total. The summed E-state index contributed by atoms with van der Waals surface area (Å²) in [5.74, 6) is 1.06. The summed E-state index contributed by atoms with van der Waals surface area (Å²) >= 11 is 0. The molecule has 0 unspecified atom stereocenters. The van der Waals surface area contributed by atoms with Crippen molar-refractivity contribution in [2.45, 2.75) is 70.5 Å². The van der Waals surface area contributed by atoms with E-state index in [1.54, 1.807) is 0 Å². The van der Waals surface area contributed by atoms with Gasteiger partial charge in [0.1, 0.15) is 0 Å². The lowest BCUT2D eigenvalue weighted by molar-refractivity contribution is 0.0955. The number of carbonyl (C=O) groups is 1. The Hall–Kier alpha value is -0.893. The van der Waals surface area contributed by atoms with Gasteiger partial charge in [-0.2, -0.15) is 0 Å². The van der Waals surface area contributed by atoms with Gasteiger partial charge in [-0.05, 0) is 41.7 Å². The number of rotatable bonds is 2. The predicted molar refractivity (Wildman–Crippen MR) is 88.0 cm³/mol. The third kappa shape index (κ3) is 2.28. The lowest BCUT2D eigenvalue weighted by atomic mass is 9.70. The monoisotopic (exact) mass is 286 g/mol.